The molecular weight excluding hydrogens is 275 g/mol. The van der Waals surface area contributed by atoms with Crippen LogP contribution in [0.25, 0.3) is 6.08 Å². The number of benzene rings is 1. The predicted octanol–water partition coefficient (Wildman–Crippen LogP) is 4.95. The van der Waals surface area contributed by atoms with Crippen LogP contribution in [0.15, 0.2) is 42.5 Å². The molecule has 1 aromatic carbocycles. The van der Waals surface area contributed by atoms with Crippen molar-refractivity contribution < 1.29 is 4.79 Å². The first-order valence-electron chi connectivity index (χ1n) is 4.88. The number of ketones is 1. The minimum Gasteiger partial charge on any atom is -0.289 e. The van der Waals surface area contributed by atoms with Crippen molar-refractivity contribution in [1.82, 2.24) is 0 Å². The molecule has 0 radical (unpaired) electrons. The Balaban J connectivity index is 2.11. The largest absolute Gasteiger partial charge is 0.289 e. The van der Waals surface area contributed by atoms with Crippen molar-refractivity contribution in [3.8, 4) is 0 Å². The van der Waals surface area contributed by atoms with E-state index in [0.717, 1.165) is 4.88 Å². The van der Waals surface area contributed by atoms with Gasteiger partial charge < -0.3 is 0 Å². The quantitative estimate of drug-likeness (QED) is 0.575. The van der Waals surface area contributed by atoms with Crippen molar-refractivity contribution in [3.63, 3.8) is 0 Å². The van der Waals surface area contributed by atoms with Gasteiger partial charge in [0.15, 0.2) is 5.78 Å². The third-order valence-electron chi connectivity index (χ3n) is 2.12. The van der Waals surface area contributed by atoms with Gasteiger partial charge in [-0.05, 0) is 48.6 Å². The lowest BCUT2D eigenvalue weighted by molar-refractivity contribution is 0.104. The number of halogens is 2. The molecule has 1 nitrogen and oxygen atoms in total. The maximum atomic E-state index is 11.8. The average molecular weight is 283 g/mol. The van der Waals surface area contributed by atoms with Crippen LogP contribution in [0, 0.1) is 0 Å². The second kappa shape index (κ2) is 5.50. The Kier molecular flexibility index (Phi) is 4.00. The molecule has 0 amide bonds. The SMILES string of the molecule is O=C(C=Cc1ccc(Cl)s1)c1ccc(Cl)cc1. The molecule has 0 aliphatic carbocycles. The fourth-order valence-electron chi connectivity index (χ4n) is 1.29. The second-order valence-electron chi connectivity index (χ2n) is 3.35. The number of hydrogen-bond donors (Lipinski definition) is 0. The fourth-order valence-corrected chi connectivity index (χ4v) is 2.38. The molecule has 0 N–H and O–H groups in total. The van der Waals surface area contributed by atoms with Crippen LogP contribution >= 0.6 is 34.5 Å². The lowest BCUT2D eigenvalue weighted by atomic mass is 10.1. The van der Waals surface area contributed by atoms with E-state index >= 15 is 0 Å². The monoisotopic (exact) mass is 282 g/mol. The minimum atomic E-state index is -0.0498. The Labute approximate surface area is 113 Å². The van der Waals surface area contributed by atoms with Crippen LogP contribution in [0.4, 0.5) is 0 Å². The molecule has 2 aromatic rings. The normalized spacial score (nSPS) is 10.9. The van der Waals surface area contributed by atoms with Gasteiger partial charge in [-0.15, -0.1) is 11.3 Å². The van der Waals surface area contributed by atoms with Gasteiger partial charge >= 0.3 is 0 Å². The first-order chi connectivity index (χ1) is 8.15. The smallest absolute Gasteiger partial charge is 0.185 e. The van der Waals surface area contributed by atoms with Crippen molar-refractivity contribution in [3.05, 3.63) is 62.3 Å². The van der Waals surface area contributed by atoms with Crippen molar-refractivity contribution in [2.75, 3.05) is 0 Å². The summed E-state index contributed by atoms with van der Waals surface area (Å²) in [5.74, 6) is -0.0498. The second-order valence-corrected chi connectivity index (χ2v) is 5.53. The van der Waals surface area contributed by atoms with Crippen molar-refractivity contribution in [2.45, 2.75) is 0 Å². The lowest BCUT2D eigenvalue weighted by Gasteiger charge is -1.95. The molecule has 0 bridgehead atoms. The van der Waals surface area contributed by atoms with E-state index < -0.39 is 0 Å². The zero-order valence-corrected chi connectivity index (χ0v) is 11.0. The number of rotatable bonds is 3. The number of hydrogen-bond acceptors (Lipinski definition) is 2. The fraction of sp³-hybridized carbons (Fsp3) is 0. The number of thiophene rings is 1. The summed E-state index contributed by atoms with van der Waals surface area (Å²) in [6.07, 6.45) is 3.29. The maximum Gasteiger partial charge on any atom is 0.185 e. The topological polar surface area (TPSA) is 17.1 Å². The third-order valence-corrected chi connectivity index (χ3v) is 3.57. The van der Waals surface area contributed by atoms with Crippen LogP contribution in [0.5, 0.6) is 0 Å². The van der Waals surface area contributed by atoms with E-state index in [4.69, 9.17) is 23.2 Å². The van der Waals surface area contributed by atoms with Crippen LogP contribution in [-0.2, 0) is 0 Å². The zero-order valence-electron chi connectivity index (χ0n) is 8.69. The Bertz CT molecular complexity index is 555. The van der Waals surface area contributed by atoms with Gasteiger partial charge in [0.25, 0.3) is 0 Å². The van der Waals surface area contributed by atoms with E-state index in [0.29, 0.717) is 14.9 Å². The molecule has 0 fully saturated rings. The van der Waals surface area contributed by atoms with Crippen LogP contribution < -0.4 is 0 Å². The van der Waals surface area contributed by atoms with E-state index in [1.54, 1.807) is 36.4 Å². The molecule has 86 valence electrons. The highest BCUT2D eigenvalue weighted by atomic mass is 35.5. The summed E-state index contributed by atoms with van der Waals surface area (Å²) in [7, 11) is 0. The minimum absolute atomic E-state index is 0.0498. The van der Waals surface area contributed by atoms with Gasteiger partial charge in [-0.25, -0.2) is 0 Å². The van der Waals surface area contributed by atoms with E-state index in [2.05, 4.69) is 0 Å². The van der Waals surface area contributed by atoms with Gasteiger partial charge in [0.1, 0.15) is 0 Å². The Morgan fingerprint density at radius 3 is 2.35 bits per heavy atom. The van der Waals surface area contributed by atoms with E-state index in [1.165, 1.54) is 17.4 Å². The average Bonchev–Trinajstić information content (AvgIpc) is 2.73. The molecule has 0 atom stereocenters. The number of carbonyl (C=O) groups excluding carboxylic acids is 1. The van der Waals surface area contributed by atoms with Gasteiger partial charge in [-0.3, -0.25) is 4.79 Å². The highest BCUT2D eigenvalue weighted by molar-refractivity contribution is 7.17. The number of allylic oxidation sites excluding steroid dienone is 1. The van der Waals surface area contributed by atoms with Gasteiger partial charge in [-0.2, -0.15) is 0 Å². The molecule has 4 heteroatoms. The summed E-state index contributed by atoms with van der Waals surface area (Å²) in [6.45, 7) is 0. The molecular formula is C13H8Cl2OS. The van der Waals surface area contributed by atoms with Crippen molar-refractivity contribution in [1.29, 1.82) is 0 Å². The Morgan fingerprint density at radius 1 is 1.06 bits per heavy atom. The summed E-state index contributed by atoms with van der Waals surface area (Å²) in [4.78, 5) is 12.7. The Hall–Kier alpha value is -1.09. The highest BCUT2D eigenvalue weighted by Crippen LogP contribution is 2.22. The third kappa shape index (κ3) is 3.43. The molecule has 0 saturated carbocycles. The predicted molar refractivity (Wildman–Crippen MR) is 74.1 cm³/mol. The van der Waals surface area contributed by atoms with Crippen molar-refractivity contribution >= 4 is 46.4 Å². The van der Waals surface area contributed by atoms with Gasteiger partial charge in [0.2, 0.25) is 0 Å². The first-order valence-corrected chi connectivity index (χ1v) is 6.46. The molecule has 0 saturated heterocycles. The maximum absolute atomic E-state index is 11.8. The standard InChI is InChI=1S/C13H8Cl2OS/c14-10-3-1-9(2-4-10)12(16)7-5-11-6-8-13(15)17-11/h1-8H. The van der Waals surface area contributed by atoms with E-state index in [1.807, 2.05) is 6.07 Å². The molecule has 2 rings (SSSR count). The summed E-state index contributed by atoms with van der Waals surface area (Å²) >= 11 is 13.0. The molecule has 0 spiro atoms. The number of carbonyl (C=O) groups is 1. The van der Waals surface area contributed by atoms with Gasteiger partial charge in [-0.1, -0.05) is 23.2 Å². The summed E-state index contributed by atoms with van der Waals surface area (Å²) in [6, 6.07) is 10.5. The molecule has 1 heterocycles. The lowest BCUT2D eigenvalue weighted by Crippen LogP contribution is -1.92. The van der Waals surface area contributed by atoms with Crippen LogP contribution in [0.2, 0.25) is 9.36 Å². The van der Waals surface area contributed by atoms with Gasteiger partial charge in [0, 0.05) is 15.5 Å². The molecule has 0 aliphatic rings. The summed E-state index contributed by atoms with van der Waals surface area (Å²) in [5, 5.41) is 0.621. The first kappa shape index (κ1) is 12.4. The van der Waals surface area contributed by atoms with Crippen LogP contribution in [-0.4, -0.2) is 5.78 Å². The van der Waals surface area contributed by atoms with E-state index in [-0.39, 0.29) is 5.78 Å². The Morgan fingerprint density at radius 2 is 1.76 bits per heavy atom. The van der Waals surface area contributed by atoms with E-state index in [9.17, 15) is 4.79 Å². The van der Waals surface area contributed by atoms with Crippen LogP contribution in [0.1, 0.15) is 15.2 Å². The summed E-state index contributed by atoms with van der Waals surface area (Å²) < 4.78 is 0.712. The summed E-state index contributed by atoms with van der Waals surface area (Å²) in [5.41, 5.74) is 0.619. The van der Waals surface area contributed by atoms with Crippen molar-refractivity contribution in [2.24, 2.45) is 0 Å². The molecule has 0 aliphatic heterocycles. The highest BCUT2D eigenvalue weighted by Gasteiger charge is 2.01. The molecule has 1 aromatic heterocycles. The van der Waals surface area contributed by atoms with Crippen LogP contribution in [0.3, 0.4) is 0 Å². The zero-order chi connectivity index (χ0) is 12.3. The molecule has 0 unspecified atom stereocenters. The van der Waals surface area contributed by atoms with Gasteiger partial charge in [0.05, 0.1) is 4.34 Å². The molecule has 17 heavy (non-hydrogen) atoms.